The highest BCUT2D eigenvalue weighted by molar-refractivity contribution is 6.00. The van der Waals surface area contributed by atoms with E-state index in [0.717, 1.165) is 19.0 Å². The molecule has 1 saturated carbocycles. The first-order valence-electron chi connectivity index (χ1n) is 10.5. The molecule has 3 aromatic heterocycles. The molecule has 9 nitrogen and oxygen atoms in total. The minimum Gasteiger partial charge on any atom is -0.486 e. The van der Waals surface area contributed by atoms with Crippen LogP contribution in [0.4, 0.5) is 10.2 Å². The van der Waals surface area contributed by atoms with E-state index in [1.165, 1.54) is 12.3 Å². The lowest BCUT2D eigenvalue weighted by molar-refractivity contribution is 0.0303. The Bertz CT molecular complexity index is 1210. The molecule has 1 N–H and O–H groups in total. The average molecular weight is 424 g/mol. The van der Waals surface area contributed by atoms with Gasteiger partial charge in [-0.1, -0.05) is 0 Å². The number of hydrogen-bond acceptors (Lipinski definition) is 7. The Balaban J connectivity index is 1.58. The van der Waals surface area contributed by atoms with Gasteiger partial charge < -0.3 is 19.7 Å². The molecule has 0 radical (unpaired) electrons. The molecule has 0 aromatic carbocycles. The Morgan fingerprint density at radius 2 is 2.13 bits per heavy atom. The van der Waals surface area contributed by atoms with Gasteiger partial charge >= 0.3 is 0 Å². The minimum absolute atomic E-state index is 0.0258. The first kappa shape index (κ1) is 18.3. The minimum atomic E-state index is -0.899. The van der Waals surface area contributed by atoms with Crippen molar-refractivity contribution in [2.75, 3.05) is 11.5 Å². The van der Waals surface area contributed by atoms with Gasteiger partial charge in [-0.15, -0.1) is 0 Å². The molecule has 0 saturated heterocycles. The van der Waals surface area contributed by atoms with E-state index >= 15 is 0 Å². The van der Waals surface area contributed by atoms with Crippen molar-refractivity contribution in [3.63, 3.8) is 0 Å². The molecule has 2 bridgehead atoms. The first-order valence-corrected chi connectivity index (χ1v) is 10.5. The van der Waals surface area contributed by atoms with E-state index in [1.807, 2.05) is 11.8 Å². The second kappa shape index (κ2) is 6.53. The van der Waals surface area contributed by atoms with E-state index < -0.39 is 11.5 Å². The fraction of sp³-hybridized carbons (Fsp3) is 0.429. The molecule has 1 spiro atoms. The molecule has 10 heteroatoms. The third-order valence-corrected chi connectivity index (χ3v) is 6.25. The third kappa shape index (κ3) is 2.88. The number of aromatic nitrogens is 4. The maximum Gasteiger partial charge on any atom is 0.259 e. The van der Waals surface area contributed by atoms with Crippen molar-refractivity contribution in [1.29, 1.82) is 0 Å². The fourth-order valence-electron chi connectivity index (χ4n) is 4.61. The van der Waals surface area contributed by atoms with Crippen LogP contribution >= 0.6 is 0 Å². The third-order valence-electron chi connectivity index (χ3n) is 6.25. The topological polar surface area (TPSA) is 93.9 Å². The van der Waals surface area contributed by atoms with Crippen molar-refractivity contribution in [3.05, 3.63) is 41.6 Å². The lowest BCUT2D eigenvalue weighted by Crippen LogP contribution is -2.51. The molecule has 1 fully saturated rings. The van der Waals surface area contributed by atoms with Crippen LogP contribution in [0.5, 0.6) is 11.6 Å². The van der Waals surface area contributed by atoms with Crippen LogP contribution in [-0.4, -0.2) is 43.9 Å². The predicted octanol–water partition coefficient (Wildman–Crippen LogP) is 2.44. The van der Waals surface area contributed by atoms with Gasteiger partial charge in [-0.3, -0.25) is 4.79 Å². The number of carbonyl (C=O) groups is 1. The zero-order valence-electron chi connectivity index (χ0n) is 17.0. The summed E-state index contributed by atoms with van der Waals surface area (Å²) in [4.78, 5) is 24.3. The average Bonchev–Trinajstić information content (AvgIpc) is 3.37. The van der Waals surface area contributed by atoms with E-state index in [4.69, 9.17) is 14.5 Å². The Labute approximate surface area is 177 Å². The van der Waals surface area contributed by atoms with Crippen molar-refractivity contribution in [3.8, 4) is 11.6 Å². The van der Waals surface area contributed by atoms with Gasteiger partial charge in [0.05, 0.1) is 31.2 Å². The first-order chi connectivity index (χ1) is 15.0. The maximum atomic E-state index is 14.2. The number of amides is 1. The highest BCUT2D eigenvalue weighted by Crippen LogP contribution is 2.38. The van der Waals surface area contributed by atoms with Gasteiger partial charge in [0.15, 0.2) is 22.9 Å². The summed E-state index contributed by atoms with van der Waals surface area (Å²) in [5.74, 6) is 0.691. The molecule has 3 aromatic rings. The summed E-state index contributed by atoms with van der Waals surface area (Å²) in [5, 5.41) is 7.35. The number of nitrogens with one attached hydrogen (secondary N) is 1. The highest BCUT2D eigenvalue weighted by atomic mass is 19.1. The van der Waals surface area contributed by atoms with Crippen LogP contribution in [0.25, 0.3) is 5.65 Å². The predicted molar refractivity (Wildman–Crippen MR) is 108 cm³/mol. The van der Waals surface area contributed by atoms with Gasteiger partial charge in [0.1, 0.15) is 18.0 Å². The molecular weight excluding hydrogens is 403 g/mol. The molecule has 31 heavy (non-hydrogen) atoms. The zero-order chi connectivity index (χ0) is 21.2. The van der Waals surface area contributed by atoms with Gasteiger partial charge in [0, 0.05) is 18.4 Å². The van der Waals surface area contributed by atoms with Crippen LogP contribution in [0.2, 0.25) is 0 Å². The van der Waals surface area contributed by atoms with Crippen molar-refractivity contribution < 1.29 is 18.7 Å². The van der Waals surface area contributed by atoms with Crippen molar-refractivity contribution in [2.24, 2.45) is 0 Å². The Kier molecular flexibility index (Phi) is 3.87. The van der Waals surface area contributed by atoms with Gasteiger partial charge in [-0.05, 0) is 25.8 Å². The lowest BCUT2D eigenvalue weighted by Gasteiger charge is -2.37. The Morgan fingerprint density at radius 3 is 2.97 bits per heavy atom. The number of hydrogen-bond donors (Lipinski definition) is 1. The van der Waals surface area contributed by atoms with Crippen LogP contribution in [0.15, 0.2) is 24.7 Å². The summed E-state index contributed by atoms with van der Waals surface area (Å²) in [6.07, 6.45) is 7.50. The van der Waals surface area contributed by atoms with Crippen molar-refractivity contribution in [1.82, 2.24) is 24.9 Å². The molecule has 1 amide bonds. The number of nitrogens with zero attached hydrogens (tertiary/aromatic N) is 5. The van der Waals surface area contributed by atoms with E-state index in [1.54, 1.807) is 10.7 Å². The summed E-state index contributed by atoms with van der Waals surface area (Å²) >= 11 is 0. The van der Waals surface area contributed by atoms with Crippen LogP contribution in [0.1, 0.15) is 48.5 Å². The van der Waals surface area contributed by atoms with Gasteiger partial charge in [-0.2, -0.15) is 5.10 Å². The highest BCUT2D eigenvalue weighted by Gasteiger charge is 2.40. The monoisotopic (exact) mass is 424 g/mol. The number of ether oxygens (including phenoxy) is 2. The molecule has 2 aliphatic heterocycles. The van der Waals surface area contributed by atoms with Crippen LogP contribution in [0, 0.1) is 5.82 Å². The zero-order valence-corrected chi connectivity index (χ0v) is 17.0. The SMILES string of the molecule is C[C@@H]1COc2cn3ncc4c3nc2N1Cc1cc(F)cnc1OC1(CCCC1)NC4=O. The van der Waals surface area contributed by atoms with Gasteiger partial charge in [0.25, 0.3) is 5.91 Å². The van der Waals surface area contributed by atoms with Crippen molar-refractivity contribution >= 4 is 17.4 Å². The quantitative estimate of drug-likeness (QED) is 0.592. The Morgan fingerprint density at radius 1 is 1.29 bits per heavy atom. The largest absolute Gasteiger partial charge is 0.486 e. The number of carbonyl (C=O) groups excluding carboxylic acids is 1. The molecule has 1 atom stereocenters. The van der Waals surface area contributed by atoms with Crippen molar-refractivity contribution in [2.45, 2.75) is 50.9 Å². The standard InChI is InChI=1S/C21H21FN6O3/c1-12-11-30-16-10-28-17-15(8-24-28)19(29)26-21(4-2-3-5-21)31-20-13(6-14(22)7-23-20)9-27(12)18(16)25-17/h6-8,10,12H,2-5,9,11H2,1H3,(H,26,29)/t12-/m1/s1. The number of anilines is 1. The Hall–Kier alpha value is -3.43. The number of pyridine rings is 1. The van der Waals surface area contributed by atoms with Crippen LogP contribution in [0.3, 0.4) is 0 Å². The fourth-order valence-corrected chi connectivity index (χ4v) is 4.61. The molecule has 0 unspecified atom stereocenters. The number of halogens is 1. The van der Waals surface area contributed by atoms with Gasteiger partial charge in [-0.25, -0.2) is 18.9 Å². The van der Waals surface area contributed by atoms with Crippen LogP contribution in [-0.2, 0) is 6.54 Å². The summed E-state index contributed by atoms with van der Waals surface area (Å²) in [5.41, 5.74) is 0.494. The van der Waals surface area contributed by atoms with E-state index in [-0.39, 0.29) is 11.9 Å². The summed E-state index contributed by atoms with van der Waals surface area (Å²) < 4.78 is 27.9. The normalized spacial score (nSPS) is 21.8. The van der Waals surface area contributed by atoms with E-state index in [0.29, 0.717) is 60.2 Å². The van der Waals surface area contributed by atoms with Gasteiger partial charge in [0.2, 0.25) is 5.88 Å². The molecule has 160 valence electrons. The van der Waals surface area contributed by atoms with Crippen LogP contribution < -0.4 is 19.7 Å². The molecular formula is C21H21FN6O3. The van der Waals surface area contributed by atoms with E-state index in [9.17, 15) is 9.18 Å². The molecule has 5 heterocycles. The maximum absolute atomic E-state index is 14.2. The molecule has 1 aliphatic carbocycles. The summed E-state index contributed by atoms with van der Waals surface area (Å²) in [7, 11) is 0. The summed E-state index contributed by atoms with van der Waals surface area (Å²) in [6.45, 7) is 2.79. The van der Waals surface area contributed by atoms with E-state index in [2.05, 4.69) is 15.4 Å². The number of rotatable bonds is 0. The lowest BCUT2D eigenvalue weighted by atomic mass is 10.1. The second-order valence-corrected chi connectivity index (χ2v) is 8.42. The summed E-state index contributed by atoms with van der Waals surface area (Å²) in [6, 6.07) is 1.41. The molecule has 6 rings (SSSR count). The second-order valence-electron chi connectivity index (χ2n) is 8.42. The molecule has 3 aliphatic rings. The smallest absolute Gasteiger partial charge is 0.259 e. The number of fused-ring (bicyclic) bond motifs is 1.